The van der Waals surface area contributed by atoms with E-state index in [9.17, 15) is 0 Å². The minimum absolute atomic E-state index is 0.167. The lowest BCUT2D eigenvalue weighted by atomic mass is 10.2. The summed E-state index contributed by atoms with van der Waals surface area (Å²) in [5.74, 6) is 1.05. The van der Waals surface area contributed by atoms with E-state index in [0.717, 1.165) is 17.0 Å². The molecule has 1 atom stereocenters. The maximum atomic E-state index is 6.01. The van der Waals surface area contributed by atoms with Crippen LogP contribution >= 0.6 is 22.9 Å². The van der Waals surface area contributed by atoms with Crippen molar-refractivity contribution in [1.82, 2.24) is 15.3 Å². The van der Waals surface area contributed by atoms with E-state index in [4.69, 9.17) is 16.0 Å². The normalized spacial score (nSPS) is 12.7. The van der Waals surface area contributed by atoms with Gasteiger partial charge in [0.25, 0.3) is 0 Å². The van der Waals surface area contributed by atoms with Crippen LogP contribution in [0.15, 0.2) is 40.3 Å². The third-order valence-electron chi connectivity index (χ3n) is 3.69. The Bertz CT molecular complexity index is 812. The molecule has 2 aromatic heterocycles. The molecule has 0 fully saturated rings. The third-order valence-corrected chi connectivity index (χ3v) is 5.09. The fourth-order valence-electron chi connectivity index (χ4n) is 2.27. The first kappa shape index (κ1) is 17.1. The minimum atomic E-state index is 0.167. The molecule has 1 N–H and O–H groups in total. The molecule has 0 aliphatic rings. The summed E-state index contributed by atoms with van der Waals surface area (Å²) in [6, 6.07) is 7.66. The Balaban J connectivity index is 1.62. The van der Waals surface area contributed by atoms with Gasteiger partial charge in [-0.2, -0.15) is 0 Å². The van der Waals surface area contributed by atoms with Gasteiger partial charge in [0.2, 0.25) is 5.89 Å². The molecule has 126 valence electrons. The second kappa shape index (κ2) is 7.47. The average molecular weight is 362 g/mol. The summed E-state index contributed by atoms with van der Waals surface area (Å²) >= 11 is 7.72. The Morgan fingerprint density at radius 1 is 1.25 bits per heavy atom. The van der Waals surface area contributed by atoms with E-state index >= 15 is 0 Å². The van der Waals surface area contributed by atoms with Crippen LogP contribution in [0.4, 0.5) is 0 Å². The molecular weight excluding hydrogens is 342 g/mol. The third kappa shape index (κ3) is 4.04. The Labute approximate surface area is 150 Å². The number of halogens is 1. The zero-order valence-electron chi connectivity index (χ0n) is 13.9. The van der Waals surface area contributed by atoms with Gasteiger partial charge in [0, 0.05) is 34.5 Å². The van der Waals surface area contributed by atoms with Crippen LogP contribution in [0, 0.1) is 0 Å². The van der Waals surface area contributed by atoms with Crippen LogP contribution in [0.2, 0.25) is 5.02 Å². The van der Waals surface area contributed by atoms with Crippen molar-refractivity contribution in [3.63, 3.8) is 0 Å². The molecule has 1 aromatic carbocycles. The summed E-state index contributed by atoms with van der Waals surface area (Å²) < 4.78 is 5.56. The van der Waals surface area contributed by atoms with Crippen LogP contribution in [0.3, 0.4) is 0 Å². The maximum absolute atomic E-state index is 6.01. The van der Waals surface area contributed by atoms with Crippen molar-refractivity contribution in [3.05, 3.63) is 57.3 Å². The van der Waals surface area contributed by atoms with Gasteiger partial charge in [-0.05, 0) is 25.1 Å². The molecular formula is C18H20ClN3OS. The first-order valence-electron chi connectivity index (χ1n) is 7.92. The number of benzene rings is 1. The molecule has 0 saturated heterocycles. The number of nitrogens with zero attached hydrogens (tertiary/aromatic N) is 2. The summed E-state index contributed by atoms with van der Waals surface area (Å²) in [6.07, 6.45) is 1.68. The summed E-state index contributed by atoms with van der Waals surface area (Å²) in [6.45, 7) is 7.05. The largest absolute Gasteiger partial charge is 0.444 e. The Kier molecular flexibility index (Phi) is 5.33. The molecule has 0 spiro atoms. The smallest absolute Gasteiger partial charge is 0.226 e. The minimum Gasteiger partial charge on any atom is -0.444 e. The van der Waals surface area contributed by atoms with Gasteiger partial charge >= 0.3 is 0 Å². The molecule has 0 bridgehead atoms. The van der Waals surface area contributed by atoms with Gasteiger partial charge in [0.15, 0.2) is 0 Å². The number of hydrogen-bond acceptors (Lipinski definition) is 5. The molecule has 3 rings (SSSR count). The zero-order chi connectivity index (χ0) is 17.1. The van der Waals surface area contributed by atoms with Crippen LogP contribution in [0.5, 0.6) is 0 Å². The molecule has 0 aliphatic heterocycles. The maximum Gasteiger partial charge on any atom is 0.226 e. The molecule has 0 aliphatic carbocycles. The summed E-state index contributed by atoms with van der Waals surface area (Å²) in [7, 11) is 0. The van der Waals surface area contributed by atoms with E-state index in [-0.39, 0.29) is 6.04 Å². The van der Waals surface area contributed by atoms with E-state index < -0.39 is 0 Å². The molecule has 3 aromatic rings. The fraction of sp³-hybridized carbons (Fsp3) is 0.333. The molecule has 24 heavy (non-hydrogen) atoms. The van der Waals surface area contributed by atoms with Crippen molar-refractivity contribution < 1.29 is 4.42 Å². The topological polar surface area (TPSA) is 51.0 Å². The Morgan fingerprint density at radius 2 is 2.08 bits per heavy atom. The predicted molar refractivity (Wildman–Crippen MR) is 98.4 cm³/mol. The average Bonchev–Trinajstić information content (AvgIpc) is 3.22. The summed E-state index contributed by atoms with van der Waals surface area (Å²) in [4.78, 5) is 9.20. The van der Waals surface area contributed by atoms with Crippen LogP contribution in [0.1, 0.15) is 49.1 Å². The van der Waals surface area contributed by atoms with Gasteiger partial charge in [-0.3, -0.25) is 0 Å². The lowest BCUT2D eigenvalue weighted by molar-refractivity contribution is 0.546. The number of rotatable bonds is 6. The van der Waals surface area contributed by atoms with E-state index in [2.05, 4.69) is 41.4 Å². The van der Waals surface area contributed by atoms with E-state index in [1.807, 2.05) is 24.3 Å². The standard InChI is InChI=1S/C18H20ClN3OS/c1-11(2)18-22-16(10-24-18)12(3)20-8-15-9-23-17(21-15)13-5-4-6-14(19)7-13/h4-7,9-12,20H,8H2,1-3H3. The quantitative estimate of drug-likeness (QED) is 0.636. The highest BCUT2D eigenvalue weighted by Crippen LogP contribution is 2.24. The first-order valence-corrected chi connectivity index (χ1v) is 9.17. The number of hydrogen-bond donors (Lipinski definition) is 1. The fourth-order valence-corrected chi connectivity index (χ4v) is 3.39. The summed E-state index contributed by atoms with van der Waals surface area (Å²) in [5, 5.41) is 7.40. The number of oxazole rings is 1. The lowest BCUT2D eigenvalue weighted by Crippen LogP contribution is -2.18. The van der Waals surface area contributed by atoms with Gasteiger partial charge < -0.3 is 9.73 Å². The van der Waals surface area contributed by atoms with E-state index in [1.54, 1.807) is 17.6 Å². The number of nitrogens with one attached hydrogen (secondary N) is 1. The van der Waals surface area contributed by atoms with Gasteiger partial charge in [-0.25, -0.2) is 9.97 Å². The summed E-state index contributed by atoms with van der Waals surface area (Å²) in [5.41, 5.74) is 2.81. The molecule has 6 heteroatoms. The van der Waals surface area contributed by atoms with Crippen molar-refractivity contribution >= 4 is 22.9 Å². The van der Waals surface area contributed by atoms with E-state index in [1.165, 1.54) is 5.01 Å². The number of thiazole rings is 1. The van der Waals surface area contributed by atoms with Crippen molar-refractivity contribution in [3.8, 4) is 11.5 Å². The molecule has 0 amide bonds. The predicted octanol–water partition coefficient (Wildman–Crippen LogP) is 5.43. The SMILES string of the molecule is CC(C)c1nc(C(C)NCc2coc(-c3cccc(Cl)c3)n2)cs1. The second-order valence-corrected chi connectivity index (χ2v) is 7.35. The highest BCUT2D eigenvalue weighted by Gasteiger charge is 2.13. The van der Waals surface area contributed by atoms with E-state index in [0.29, 0.717) is 23.4 Å². The molecule has 0 radical (unpaired) electrons. The van der Waals surface area contributed by atoms with Crippen molar-refractivity contribution in [2.45, 2.75) is 39.3 Å². The lowest BCUT2D eigenvalue weighted by Gasteiger charge is -2.09. The van der Waals surface area contributed by atoms with Crippen LogP contribution < -0.4 is 5.32 Å². The van der Waals surface area contributed by atoms with Crippen LogP contribution in [-0.4, -0.2) is 9.97 Å². The Morgan fingerprint density at radius 3 is 2.79 bits per heavy atom. The highest BCUT2D eigenvalue weighted by molar-refractivity contribution is 7.09. The van der Waals surface area contributed by atoms with Gasteiger partial charge in [-0.15, -0.1) is 11.3 Å². The van der Waals surface area contributed by atoms with Gasteiger partial charge in [-0.1, -0.05) is 31.5 Å². The van der Waals surface area contributed by atoms with Gasteiger partial charge in [0.05, 0.1) is 16.4 Å². The monoisotopic (exact) mass is 361 g/mol. The molecule has 1 unspecified atom stereocenters. The molecule has 0 saturated carbocycles. The zero-order valence-corrected chi connectivity index (χ0v) is 15.5. The molecule has 2 heterocycles. The molecule has 4 nitrogen and oxygen atoms in total. The van der Waals surface area contributed by atoms with Crippen molar-refractivity contribution in [2.24, 2.45) is 0 Å². The highest BCUT2D eigenvalue weighted by atomic mass is 35.5. The van der Waals surface area contributed by atoms with Crippen molar-refractivity contribution in [2.75, 3.05) is 0 Å². The van der Waals surface area contributed by atoms with Crippen LogP contribution in [0.25, 0.3) is 11.5 Å². The first-order chi connectivity index (χ1) is 11.5. The number of aromatic nitrogens is 2. The van der Waals surface area contributed by atoms with Crippen molar-refractivity contribution in [1.29, 1.82) is 0 Å². The Hall–Kier alpha value is -1.69. The van der Waals surface area contributed by atoms with Crippen LogP contribution in [-0.2, 0) is 6.54 Å². The second-order valence-electron chi connectivity index (χ2n) is 6.02. The van der Waals surface area contributed by atoms with Gasteiger partial charge in [0.1, 0.15) is 6.26 Å².